The first-order valence-electron chi connectivity index (χ1n) is 12.5. The standard InChI is InChI=1S/C31H21ClN2O5/c1-18-6-4-7-19(14-18)16-33-24-10-3-2-9-23(24)31(30(33)37)26-27(35)22-15-20(32)11-12-25(22)39-28(26)29(36)34(31)17-21-8-5-13-38-21/h2-15H,16-17H2,1H3. The van der Waals surface area contributed by atoms with Gasteiger partial charge in [-0.3, -0.25) is 14.4 Å². The van der Waals surface area contributed by atoms with Gasteiger partial charge in [-0.2, -0.15) is 0 Å². The summed E-state index contributed by atoms with van der Waals surface area (Å²) in [5.41, 5.74) is 1.16. The van der Waals surface area contributed by atoms with Crippen LogP contribution in [0.5, 0.6) is 0 Å². The molecule has 7 nitrogen and oxygen atoms in total. The van der Waals surface area contributed by atoms with E-state index in [2.05, 4.69) is 0 Å². The van der Waals surface area contributed by atoms with Crippen molar-refractivity contribution >= 4 is 40.1 Å². The third-order valence-corrected chi connectivity index (χ3v) is 7.75. The molecule has 0 radical (unpaired) electrons. The maximum atomic E-state index is 14.8. The molecule has 2 amide bonds. The van der Waals surface area contributed by atoms with E-state index in [0.29, 0.717) is 22.0 Å². The third-order valence-electron chi connectivity index (χ3n) is 7.51. The number of anilines is 1. The molecule has 2 aliphatic rings. The highest BCUT2D eigenvalue weighted by molar-refractivity contribution is 6.31. The Balaban J connectivity index is 1.52. The number of benzene rings is 3. The van der Waals surface area contributed by atoms with Crippen molar-refractivity contribution in [3.8, 4) is 0 Å². The van der Waals surface area contributed by atoms with E-state index in [9.17, 15) is 14.4 Å². The third kappa shape index (κ3) is 3.26. The molecule has 39 heavy (non-hydrogen) atoms. The minimum Gasteiger partial charge on any atom is -0.467 e. The maximum Gasteiger partial charge on any atom is 0.291 e. The zero-order chi connectivity index (χ0) is 26.9. The van der Waals surface area contributed by atoms with Crippen LogP contribution in [0.1, 0.15) is 38.6 Å². The quantitative estimate of drug-likeness (QED) is 0.290. The smallest absolute Gasteiger partial charge is 0.291 e. The van der Waals surface area contributed by atoms with Crippen LogP contribution >= 0.6 is 11.6 Å². The molecule has 192 valence electrons. The second kappa shape index (κ2) is 8.44. The second-order valence-corrected chi connectivity index (χ2v) is 10.3. The Morgan fingerprint density at radius 3 is 2.54 bits per heavy atom. The number of carbonyl (C=O) groups excluding carboxylic acids is 2. The van der Waals surface area contributed by atoms with Crippen LogP contribution in [-0.2, 0) is 23.4 Å². The van der Waals surface area contributed by atoms with Gasteiger partial charge in [-0.25, -0.2) is 0 Å². The molecule has 2 aliphatic heterocycles. The summed E-state index contributed by atoms with van der Waals surface area (Å²) in [7, 11) is 0. The van der Waals surface area contributed by atoms with E-state index in [1.54, 1.807) is 41.3 Å². The van der Waals surface area contributed by atoms with Gasteiger partial charge in [-0.15, -0.1) is 0 Å². The Morgan fingerprint density at radius 2 is 1.74 bits per heavy atom. The van der Waals surface area contributed by atoms with E-state index >= 15 is 0 Å². The van der Waals surface area contributed by atoms with Crippen LogP contribution in [-0.4, -0.2) is 16.7 Å². The molecule has 4 heterocycles. The average molecular weight is 537 g/mol. The predicted octanol–water partition coefficient (Wildman–Crippen LogP) is 5.79. The SMILES string of the molecule is Cc1cccc(CN2C(=O)C3(c4ccccc42)c2c(oc4ccc(Cl)cc4c2=O)C(=O)N3Cc2ccco2)c1. The number of fused-ring (bicyclic) bond motifs is 5. The summed E-state index contributed by atoms with van der Waals surface area (Å²) in [5.74, 6) is -0.645. The van der Waals surface area contributed by atoms with Crippen molar-refractivity contribution in [3.05, 3.63) is 134 Å². The zero-order valence-electron chi connectivity index (χ0n) is 20.8. The summed E-state index contributed by atoms with van der Waals surface area (Å²) in [6, 6.07) is 23.3. The molecule has 0 saturated carbocycles. The number of aryl methyl sites for hydroxylation is 1. The molecule has 0 N–H and O–H groups in total. The van der Waals surface area contributed by atoms with Gasteiger partial charge < -0.3 is 18.6 Å². The van der Waals surface area contributed by atoms with E-state index in [4.69, 9.17) is 20.4 Å². The number of carbonyl (C=O) groups is 2. The van der Waals surface area contributed by atoms with Crippen molar-refractivity contribution in [2.24, 2.45) is 0 Å². The number of furan rings is 1. The zero-order valence-corrected chi connectivity index (χ0v) is 21.6. The molecule has 3 aromatic carbocycles. The Hall–Kier alpha value is -4.62. The van der Waals surface area contributed by atoms with Crippen LogP contribution in [0.2, 0.25) is 5.02 Å². The maximum absolute atomic E-state index is 14.8. The van der Waals surface area contributed by atoms with Gasteiger partial charge in [0.15, 0.2) is 11.0 Å². The van der Waals surface area contributed by atoms with E-state index < -0.39 is 22.8 Å². The molecule has 1 atom stereocenters. The van der Waals surface area contributed by atoms with E-state index in [-0.39, 0.29) is 35.4 Å². The van der Waals surface area contributed by atoms with Gasteiger partial charge in [0, 0.05) is 10.6 Å². The molecule has 7 rings (SSSR count). The molecular formula is C31H21ClN2O5. The molecule has 0 fully saturated rings. The monoisotopic (exact) mass is 536 g/mol. The second-order valence-electron chi connectivity index (χ2n) is 9.85. The lowest BCUT2D eigenvalue weighted by Gasteiger charge is -2.33. The van der Waals surface area contributed by atoms with Crippen LogP contribution in [0.25, 0.3) is 11.0 Å². The minimum absolute atomic E-state index is 0.00184. The summed E-state index contributed by atoms with van der Waals surface area (Å²) < 4.78 is 11.7. The van der Waals surface area contributed by atoms with Crippen LogP contribution in [0.3, 0.4) is 0 Å². The normalized spacial score (nSPS) is 17.9. The van der Waals surface area contributed by atoms with E-state index in [0.717, 1.165) is 11.1 Å². The number of halogens is 1. The molecule has 0 aliphatic carbocycles. The number of rotatable bonds is 4. The van der Waals surface area contributed by atoms with Crippen LogP contribution < -0.4 is 10.3 Å². The highest BCUT2D eigenvalue weighted by atomic mass is 35.5. The molecule has 5 aromatic rings. The fourth-order valence-electron chi connectivity index (χ4n) is 5.89. The number of hydrogen-bond donors (Lipinski definition) is 0. The predicted molar refractivity (Wildman–Crippen MR) is 146 cm³/mol. The Labute approximate surface area is 227 Å². The average Bonchev–Trinajstić information content (AvgIpc) is 3.59. The summed E-state index contributed by atoms with van der Waals surface area (Å²) in [4.78, 5) is 46.1. The highest BCUT2D eigenvalue weighted by Crippen LogP contribution is 2.53. The molecule has 1 spiro atoms. The van der Waals surface area contributed by atoms with Crippen molar-refractivity contribution in [2.75, 3.05) is 4.90 Å². The lowest BCUT2D eigenvalue weighted by Crippen LogP contribution is -2.52. The minimum atomic E-state index is -1.74. The number of amides is 2. The van der Waals surface area contributed by atoms with Gasteiger partial charge in [0.05, 0.1) is 36.0 Å². The van der Waals surface area contributed by atoms with Gasteiger partial charge in [-0.05, 0) is 48.9 Å². The highest BCUT2D eigenvalue weighted by Gasteiger charge is 2.65. The fraction of sp³-hybridized carbons (Fsp3) is 0.129. The van der Waals surface area contributed by atoms with E-state index in [1.807, 2.05) is 43.3 Å². The van der Waals surface area contributed by atoms with Gasteiger partial charge in [0.2, 0.25) is 5.76 Å². The molecular weight excluding hydrogens is 516 g/mol. The van der Waals surface area contributed by atoms with Crippen molar-refractivity contribution in [3.63, 3.8) is 0 Å². The van der Waals surface area contributed by atoms with Crippen LogP contribution in [0, 0.1) is 6.92 Å². The molecule has 0 bridgehead atoms. The van der Waals surface area contributed by atoms with Crippen LogP contribution in [0.4, 0.5) is 5.69 Å². The lowest BCUT2D eigenvalue weighted by molar-refractivity contribution is -0.126. The topological polar surface area (TPSA) is 84.0 Å². The Kier molecular flexibility index (Phi) is 5.09. The lowest BCUT2D eigenvalue weighted by atomic mass is 9.84. The number of para-hydroxylation sites is 1. The summed E-state index contributed by atoms with van der Waals surface area (Å²) in [6.45, 7) is 2.22. The Bertz CT molecular complexity index is 1880. The molecule has 1 unspecified atom stereocenters. The summed E-state index contributed by atoms with van der Waals surface area (Å²) >= 11 is 6.24. The van der Waals surface area contributed by atoms with Gasteiger partial charge in [0.25, 0.3) is 11.8 Å². The van der Waals surface area contributed by atoms with Crippen molar-refractivity contribution < 1.29 is 18.4 Å². The summed E-state index contributed by atoms with van der Waals surface area (Å²) in [6.07, 6.45) is 1.50. The molecule has 8 heteroatoms. The van der Waals surface area contributed by atoms with E-state index in [1.165, 1.54) is 17.2 Å². The summed E-state index contributed by atoms with van der Waals surface area (Å²) in [5, 5.41) is 0.551. The van der Waals surface area contributed by atoms with Crippen LogP contribution in [0.15, 0.2) is 98.8 Å². The van der Waals surface area contributed by atoms with Crippen molar-refractivity contribution in [1.29, 1.82) is 0 Å². The first kappa shape index (κ1) is 23.5. The first-order chi connectivity index (χ1) is 18.9. The van der Waals surface area contributed by atoms with Gasteiger partial charge >= 0.3 is 0 Å². The first-order valence-corrected chi connectivity index (χ1v) is 12.9. The van der Waals surface area contributed by atoms with Crippen molar-refractivity contribution in [2.45, 2.75) is 25.6 Å². The fourth-order valence-corrected chi connectivity index (χ4v) is 6.06. The van der Waals surface area contributed by atoms with Gasteiger partial charge in [-0.1, -0.05) is 59.6 Å². The molecule has 2 aromatic heterocycles. The largest absolute Gasteiger partial charge is 0.467 e. The van der Waals surface area contributed by atoms with Crippen molar-refractivity contribution in [1.82, 2.24) is 4.90 Å². The molecule has 0 saturated heterocycles. The van der Waals surface area contributed by atoms with Gasteiger partial charge in [0.1, 0.15) is 11.3 Å². The number of hydrogen-bond acceptors (Lipinski definition) is 5. The number of nitrogens with zero attached hydrogens (tertiary/aromatic N) is 2. The Morgan fingerprint density at radius 1 is 0.897 bits per heavy atom.